The molecule has 10 heteroatoms. The molecule has 24 heavy (non-hydrogen) atoms. The minimum atomic E-state index is -3.71. The molecule has 1 saturated heterocycles. The first-order chi connectivity index (χ1) is 11.2. The fourth-order valence-electron chi connectivity index (χ4n) is 2.44. The molecule has 1 aliphatic heterocycles. The second-order valence-electron chi connectivity index (χ2n) is 5.40. The highest BCUT2D eigenvalue weighted by molar-refractivity contribution is 9.11. The van der Waals surface area contributed by atoms with E-state index in [9.17, 15) is 16.8 Å². The summed E-state index contributed by atoms with van der Waals surface area (Å²) in [6, 6.07) is 8.15. The van der Waals surface area contributed by atoms with E-state index < -0.39 is 20.0 Å². The Morgan fingerprint density at radius 2 is 2.00 bits per heavy atom. The second-order valence-corrected chi connectivity index (χ2v) is 11.8. The third kappa shape index (κ3) is 3.46. The van der Waals surface area contributed by atoms with Crippen LogP contribution in [0.5, 0.6) is 0 Å². The van der Waals surface area contributed by atoms with E-state index in [1.165, 1.54) is 10.4 Å². The summed E-state index contributed by atoms with van der Waals surface area (Å²) >= 11 is 4.36. The van der Waals surface area contributed by atoms with E-state index in [1.807, 2.05) is 0 Å². The van der Waals surface area contributed by atoms with Crippen LogP contribution in [0.25, 0.3) is 0 Å². The molecule has 2 aromatic rings. The van der Waals surface area contributed by atoms with Gasteiger partial charge in [0.05, 0.1) is 20.9 Å². The van der Waals surface area contributed by atoms with Gasteiger partial charge in [0, 0.05) is 6.54 Å². The van der Waals surface area contributed by atoms with Crippen LogP contribution in [0.4, 0.5) is 11.4 Å². The topological polar surface area (TPSA) is 83.6 Å². The van der Waals surface area contributed by atoms with Crippen molar-refractivity contribution >= 4 is 58.7 Å². The molecule has 1 N–H and O–H groups in total. The van der Waals surface area contributed by atoms with Gasteiger partial charge in [-0.25, -0.2) is 16.8 Å². The SMILES string of the molecule is Cc1ccc(N2CCCS2(=O)=O)cc1NS(=O)(=O)c1ccc(Br)s1. The number of hydrogen-bond acceptors (Lipinski definition) is 5. The number of benzene rings is 1. The van der Waals surface area contributed by atoms with Crippen LogP contribution in [0.15, 0.2) is 38.3 Å². The molecular formula is C14H15BrN2O4S3. The second kappa shape index (κ2) is 6.32. The van der Waals surface area contributed by atoms with E-state index in [0.717, 1.165) is 20.7 Å². The van der Waals surface area contributed by atoms with Gasteiger partial charge in [-0.2, -0.15) is 0 Å². The predicted molar refractivity (Wildman–Crippen MR) is 99.8 cm³/mol. The van der Waals surface area contributed by atoms with Crippen LogP contribution < -0.4 is 9.03 Å². The Labute approximate surface area is 153 Å². The van der Waals surface area contributed by atoms with Crippen LogP contribution in [0, 0.1) is 6.92 Å². The highest BCUT2D eigenvalue weighted by Crippen LogP contribution is 2.31. The van der Waals surface area contributed by atoms with Gasteiger partial charge in [0.25, 0.3) is 10.0 Å². The van der Waals surface area contributed by atoms with Gasteiger partial charge in [-0.3, -0.25) is 9.03 Å². The van der Waals surface area contributed by atoms with E-state index in [4.69, 9.17) is 0 Å². The van der Waals surface area contributed by atoms with Crippen LogP contribution in [0.3, 0.4) is 0 Å². The molecule has 1 aliphatic rings. The number of anilines is 2. The zero-order valence-corrected chi connectivity index (χ0v) is 16.7. The summed E-state index contributed by atoms with van der Waals surface area (Å²) in [5, 5.41) is 0. The third-order valence-corrected chi connectivity index (χ3v) is 9.02. The van der Waals surface area contributed by atoms with Crippen molar-refractivity contribution in [2.45, 2.75) is 17.6 Å². The number of aryl methyl sites for hydroxylation is 1. The maximum atomic E-state index is 12.5. The average Bonchev–Trinajstić information content (AvgIpc) is 3.07. The molecule has 130 valence electrons. The molecule has 0 amide bonds. The first-order valence-electron chi connectivity index (χ1n) is 7.08. The molecule has 3 rings (SSSR count). The third-order valence-electron chi connectivity index (χ3n) is 3.67. The highest BCUT2D eigenvalue weighted by atomic mass is 79.9. The maximum Gasteiger partial charge on any atom is 0.271 e. The largest absolute Gasteiger partial charge is 0.279 e. The summed E-state index contributed by atoms with van der Waals surface area (Å²) in [4.78, 5) is 0. The first-order valence-corrected chi connectivity index (χ1v) is 11.8. The fourth-order valence-corrected chi connectivity index (χ4v) is 7.13. The Bertz CT molecular complexity index is 983. The zero-order chi connectivity index (χ0) is 17.5. The van der Waals surface area contributed by atoms with Crippen molar-refractivity contribution in [2.75, 3.05) is 21.3 Å². The van der Waals surface area contributed by atoms with E-state index in [-0.39, 0.29) is 9.96 Å². The molecule has 1 fully saturated rings. The molecule has 0 saturated carbocycles. The average molecular weight is 451 g/mol. The predicted octanol–water partition coefficient (Wildman–Crippen LogP) is 3.16. The van der Waals surface area contributed by atoms with Gasteiger partial charge in [0.15, 0.2) is 0 Å². The van der Waals surface area contributed by atoms with Crippen molar-refractivity contribution in [1.82, 2.24) is 0 Å². The highest BCUT2D eigenvalue weighted by Gasteiger charge is 2.29. The van der Waals surface area contributed by atoms with Crippen molar-refractivity contribution in [3.8, 4) is 0 Å². The molecule has 1 aromatic carbocycles. The molecule has 0 unspecified atom stereocenters. The van der Waals surface area contributed by atoms with Gasteiger partial charge in [-0.1, -0.05) is 6.07 Å². The standard InChI is InChI=1S/C14H15BrN2O4S3/c1-10-3-4-11(17-7-2-8-23(17,18)19)9-12(10)16-24(20,21)14-6-5-13(15)22-14/h3-6,9,16H,2,7-8H2,1H3. The lowest BCUT2D eigenvalue weighted by atomic mass is 10.2. The number of thiophene rings is 1. The van der Waals surface area contributed by atoms with Gasteiger partial charge in [0.2, 0.25) is 10.0 Å². The van der Waals surface area contributed by atoms with Gasteiger partial charge in [-0.05, 0) is 59.1 Å². The van der Waals surface area contributed by atoms with Crippen molar-refractivity contribution in [3.63, 3.8) is 0 Å². The van der Waals surface area contributed by atoms with E-state index in [1.54, 1.807) is 31.2 Å². The van der Waals surface area contributed by atoms with Crippen LogP contribution in [-0.4, -0.2) is 29.1 Å². The molecule has 0 radical (unpaired) electrons. The molecule has 0 aliphatic carbocycles. The summed E-state index contributed by atoms with van der Waals surface area (Å²) in [5.41, 5.74) is 1.57. The van der Waals surface area contributed by atoms with Crippen molar-refractivity contribution in [3.05, 3.63) is 39.7 Å². The summed E-state index contributed by atoms with van der Waals surface area (Å²) in [6.45, 7) is 2.18. The lowest BCUT2D eigenvalue weighted by Crippen LogP contribution is -2.25. The summed E-state index contributed by atoms with van der Waals surface area (Å²) in [5.74, 6) is 0.116. The van der Waals surface area contributed by atoms with Gasteiger partial charge in [-0.15, -0.1) is 11.3 Å². The molecule has 2 heterocycles. The smallest absolute Gasteiger partial charge is 0.271 e. The van der Waals surface area contributed by atoms with Gasteiger partial charge in [0.1, 0.15) is 4.21 Å². The lowest BCUT2D eigenvalue weighted by molar-refractivity contribution is 0.599. The molecule has 0 spiro atoms. The van der Waals surface area contributed by atoms with Crippen molar-refractivity contribution in [1.29, 1.82) is 0 Å². The molecular weight excluding hydrogens is 436 g/mol. The Kier molecular flexibility index (Phi) is 4.67. The number of sulfonamides is 2. The monoisotopic (exact) mass is 450 g/mol. The molecule has 0 bridgehead atoms. The maximum absolute atomic E-state index is 12.5. The van der Waals surface area contributed by atoms with E-state index in [2.05, 4.69) is 20.7 Å². The summed E-state index contributed by atoms with van der Waals surface area (Å²) < 4.78 is 53.8. The Hall–Kier alpha value is -1.10. The van der Waals surface area contributed by atoms with E-state index >= 15 is 0 Å². The Morgan fingerprint density at radius 3 is 2.58 bits per heavy atom. The number of hydrogen-bond donors (Lipinski definition) is 1. The Balaban J connectivity index is 1.95. The normalized spacial score (nSPS) is 17.2. The molecule has 6 nitrogen and oxygen atoms in total. The number of nitrogens with zero attached hydrogens (tertiary/aromatic N) is 1. The minimum Gasteiger partial charge on any atom is -0.279 e. The number of nitrogens with one attached hydrogen (secondary N) is 1. The number of halogens is 1. The summed E-state index contributed by atoms with van der Waals surface area (Å²) in [6.07, 6.45) is 0.570. The minimum absolute atomic E-state index is 0.116. The van der Waals surface area contributed by atoms with Crippen molar-refractivity contribution < 1.29 is 16.8 Å². The van der Waals surface area contributed by atoms with Crippen molar-refractivity contribution in [2.24, 2.45) is 0 Å². The van der Waals surface area contributed by atoms with Crippen LogP contribution >= 0.6 is 27.3 Å². The molecule has 0 atom stereocenters. The lowest BCUT2D eigenvalue weighted by Gasteiger charge is -2.19. The first kappa shape index (κ1) is 17.7. The van der Waals surface area contributed by atoms with Gasteiger partial charge >= 0.3 is 0 Å². The summed E-state index contributed by atoms with van der Waals surface area (Å²) in [7, 11) is -7.02. The van der Waals surface area contributed by atoms with Crippen LogP contribution in [0.2, 0.25) is 0 Å². The Morgan fingerprint density at radius 1 is 1.25 bits per heavy atom. The zero-order valence-electron chi connectivity index (χ0n) is 12.7. The number of rotatable bonds is 4. The quantitative estimate of drug-likeness (QED) is 0.774. The fraction of sp³-hybridized carbons (Fsp3) is 0.286. The van der Waals surface area contributed by atoms with Gasteiger partial charge < -0.3 is 0 Å². The van der Waals surface area contributed by atoms with Crippen LogP contribution in [0.1, 0.15) is 12.0 Å². The van der Waals surface area contributed by atoms with E-state index in [0.29, 0.717) is 24.3 Å². The van der Waals surface area contributed by atoms with Crippen LogP contribution in [-0.2, 0) is 20.0 Å². The molecule has 1 aromatic heterocycles.